The van der Waals surface area contributed by atoms with E-state index in [-0.39, 0.29) is 18.1 Å². The maximum Gasteiger partial charge on any atom is 0.251 e. The lowest BCUT2D eigenvalue weighted by Gasteiger charge is -2.40. The molecule has 3 rings (SSSR count). The topological polar surface area (TPSA) is 42.0 Å². The molecule has 22 heavy (non-hydrogen) atoms. The van der Waals surface area contributed by atoms with Crippen LogP contribution in [0.3, 0.4) is 0 Å². The maximum atomic E-state index is 12.6. The van der Waals surface area contributed by atoms with Gasteiger partial charge < -0.3 is 14.4 Å². The molecule has 2 fully saturated rings. The Hall–Kier alpha value is -1.59. The second-order valence-corrected chi connectivity index (χ2v) is 6.06. The highest BCUT2D eigenvalue weighted by molar-refractivity contribution is 5.81. The monoisotopic (exact) mass is 304 g/mol. The minimum absolute atomic E-state index is 0.151. The van der Waals surface area contributed by atoms with Crippen LogP contribution in [-0.4, -0.2) is 62.2 Å². The van der Waals surface area contributed by atoms with Crippen LogP contribution in [0.4, 0.5) is 0 Å². The van der Waals surface area contributed by atoms with E-state index < -0.39 is 0 Å². The molecule has 0 spiro atoms. The van der Waals surface area contributed by atoms with Gasteiger partial charge in [0.1, 0.15) is 11.9 Å². The summed E-state index contributed by atoms with van der Waals surface area (Å²) in [7, 11) is 3.79. The molecule has 0 aromatic heterocycles. The molecular weight excluding hydrogens is 280 g/mol. The fourth-order valence-corrected chi connectivity index (χ4v) is 3.26. The Balaban J connectivity index is 1.74. The van der Waals surface area contributed by atoms with Crippen LogP contribution < -0.4 is 4.74 Å². The molecule has 2 atom stereocenters. The van der Waals surface area contributed by atoms with Gasteiger partial charge in [0.25, 0.3) is 5.91 Å². The van der Waals surface area contributed by atoms with Crippen LogP contribution >= 0.6 is 0 Å². The van der Waals surface area contributed by atoms with E-state index in [4.69, 9.17) is 9.47 Å². The molecule has 0 bridgehead atoms. The predicted molar refractivity (Wildman–Crippen MR) is 83.9 cm³/mol. The van der Waals surface area contributed by atoms with Gasteiger partial charge in [0, 0.05) is 26.2 Å². The Bertz CT molecular complexity index is 528. The molecule has 5 heteroatoms. The molecule has 0 saturated carbocycles. The normalized spacial score (nSPS) is 26.2. The zero-order valence-electron chi connectivity index (χ0n) is 13.3. The van der Waals surface area contributed by atoms with E-state index in [1.54, 1.807) is 7.11 Å². The number of methoxy groups -OCH3 is 1. The van der Waals surface area contributed by atoms with Crippen molar-refractivity contribution in [3.63, 3.8) is 0 Å². The summed E-state index contributed by atoms with van der Waals surface area (Å²) in [6.07, 6.45) is 1.62. The van der Waals surface area contributed by atoms with Crippen molar-refractivity contribution in [3.8, 4) is 5.75 Å². The molecule has 0 radical (unpaired) electrons. The van der Waals surface area contributed by atoms with E-state index in [9.17, 15) is 4.79 Å². The zero-order chi connectivity index (χ0) is 15.5. The van der Waals surface area contributed by atoms with Gasteiger partial charge in [-0.2, -0.15) is 0 Å². The van der Waals surface area contributed by atoms with Crippen molar-refractivity contribution in [1.29, 1.82) is 0 Å². The number of piperazine rings is 1. The number of rotatable bonds is 3. The number of hydrogen-bond donors (Lipinski definition) is 0. The predicted octanol–water partition coefficient (Wildman–Crippen LogP) is 1.69. The van der Waals surface area contributed by atoms with Gasteiger partial charge in [-0.1, -0.05) is 12.1 Å². The first-order chi connectivity index (χ1) is 10.7. The smallest absolute Gasteiger partial charge is 0.251 e. The van der Waals surface area contributed by atoms with Crippen molar-refractivity contribution in [2.75, 3.05) is 40.4 Å². The molecule has 1 amide bonds. The van der Waals surface area contributed by atoms with Crippen LogP contribution in [0.1, 0.15) is 24.4 Å². The molecule has 120 valence electrons. The van der Waals surface area contributed by atoms with Crippen molar-refractivity contribution in [2.24, 2.45) is 0 Å². The van der Waals surface area contributed by atoms with Gasteiger partial charge in [-0.25, -0.2) is 0 Å². The van der Waals surface area contributed by atoms with Gasteiger partial charge in [-0.05, 0) is 37.6 Å². The number of amides is 1. The number of carbonyl (C=O) groups excluding carboxylic acids is 1. The third-order valence-corrected chi connectivity index (χ3v) is 4.64. The van der Waals surface area contributed by atoms with Crippen molar-refractivity contribution in [2.45, 2.75) is 25.0 Å². The third kappa shape index (κ3) is 3.10. The summed E-state index contributed by atoms with van der Waals surface area (Å²) in [5, 5.41) is 0. The molecule has 2 unspecified atom stereocenters. The standard InChI is InChI=1S/C17H24N2O3/c1-18-8-9-19(17(20)16-7-4-10-22-16)12-15(18)13-5-3-6-14(11-13)21-2/h3,5-6,11,15-16H,4,7-10,12H2,1-2H3. The lowest BCUT2D eigenvalue weighted by Crippen LogP contribution is -2.51. The second-order valence-electron chi connectivity index (χ2n) is 6.06. The average molecular weight is 304 g/mol. The van der Waals surface area contributed by atoms with E-state index in [1.165, 1.54) is 5.56 Å². The van der Waals surface area contributed by atoms with Crippen molar-refractivity contribution in [3.05, 3.63) is 29.8 Å². The lowest BCUT2D eigenvalue weighted by molar-refractivity contribution is -0.143. The minimum Gasteiger partial charge on any atom is -0.497 e. The fraction of sp³-hybridized carbons (Fsp3) is 0.588. The van der Waals surface area contributed by atoms with E-state index in [2.05, 4.69) is 24.1 Å². The van der Waals surface area contributed by atoms with Gasteiger partial charge in [-0.15, -0.1) is 0 Å². The molecule has 0 aliphatic carbocycles. The average Bonchev–Trinajstić information content (AvgIpc) is 3.09. The lowest BCUT2D eigenvalue weighted by atomic mass is 10.0. The molecule has 1 aromatic rings. The molecular formula is C17H24N2O3. The fourth-order valence-electron chi connectivity index (χ4n) is 3.26. The summed E-state index contributed by atoms with van der Waals surface area (Å²) >= 11 is 0. The summed E-state index contributed by atoms with van der Waals surface area (Å²) in [6.45, 7) is 3.07. The van der Waals surface area contributed by atoms with Crippen molar-refractivity contribution < 1.29 is 14.3 Å². The molecule has 0 N–H and O–H groups in total. The summed E-state index contributed by atoms with van der Waals surface area (Å²) in [4.78, 5) is 16.8. The van der Waals surface area contributed by atoms with Crippen LogP contribution in [0, 0.1) is 0 Å². The number of nitrogens with zero attached hydrogens (tertiary/aromatic N) is 2. The second kappa shape index (κ2) is 6.67. The SMILES string of the molecule is COc1cccc(C2CN(C(=O)C3CCCO3)CCN2C)c1. The molecule has 2 heterocycles. The number of ether oxygens (including phenoxy) is 2. The number of likely N-dealkylation sites (N-methyl/N-ethyl adjacent to an activating group) is 1. The first-order valence-electron chi connectivity index (χ1n) is 7.93. The number of hydrogen-bond acceptors (Lipinski definition) is 4. The maximum absolute atomic E-state index is 12.6. The van der Waals surface area contributed by atoms with Gasteiger partial charge >= 0.3 is 0 Å². The summed E-state index contributed by atoms with van der Waals surface area (Å²) in [6, 6.07) is 8.31. The molecule has 1 aromatic carbocycles. The molecule has 2 saturated heterocycles. The largest absolute Gasteiger partial charge is 0.497 e. The molecule has 5 nitrogen and oxygen atoms in total. The van der Waals surface area contributed by atoms with Crippen molar-refractivity contribution >= 4 is 5.91 Å². The summed E-state index contributed by atoms with van der Waals surface area (Å²) in [5.41, 5.74) is 1.19. The molecule has 2 aliphatic heterocycles. The summed E-state index contributed by atoms with van der Waals surface area (Å²) in [5.74, 6) is 1.01. The Labute approximate surface area is 131 Å². The first kappa shape index (κ1) is 15.3. The van der Waals surface area contributed by atoms with Gasteiger partial charge in [0.2, 0.25) is 0 Å². The third-order valence-electron chi connectivity index (χ3n) is 4.64. The van der Waals surface area contributed by atoms with Crippen molar-refractivity contribution in [1.82, 2.24) is 9.80 Å². The Morgan fingerprint density at radius 1 is 1.36 bits per heavy atom. The van der Waals surface area contributed by atoms with E-state index in [0.717, 1.165) is 31.7 Å². The van der Waals surface area contributed by atoms with E-state index in [0.29, 0.717) is 13.2 Å². The number of benzene rings is 1. The van der Waals surface area contributed by atoms with E-state index in [1.807, 2.05) is 17.0 Å². The van der Waals surface area contributed by atoms with Crippen LogP contribution in [0.25, 0.3) is 0 Å². The van der Waals surface area contributed by atoms with Gasteiger partial charge in [0.15, 0.2) is 0 Å². The van der Waals surface area contributed by atoms with Crippen LogP contribution in [0.5, 0.6) is 5.75 Å². The van der Waals surface area contributed by atoms with Gasteiger partial charge in [0.05, 0.1) is 13.2 Å². The first-order valence-corrected chi connectivity index (χ1v) is 7.93. The Morgan fingerprint density at radius 3 is 2.95 bits per heavy atom. The zero-order valence-corrected chi connectivity index (χ0v) is 13.3. The van der Waals surface area contributed by atoms with Crippen LogP contribution in [0.2, 0.25) is 0 Å². The summed E-state index contributed by atoms with van der Waals surface area (Å²) < 4.78 is 10.9. The Kier molecular flexibility index (Phi) is 4.64. The highest BCUT2D eigenvalue weighted by Gasteiger charge is 2.33. The molecule has 2 aliphatic rings. The number of carbonyl (C=O) groups is 1. The highest BCUT2D eigenvalue weighted by atomic mass is 16.5. The minimum atomic E-state index is -0.227. The Morgan fingerprint density at radius 2 is 2.23 bits per heavy atom. The van der Waals surface area contributed by atoms with Crippen LogP contribution in [-0.2, 0) is 9.53 Å². The van der Waals surface area contributed by atoms with Crippen LogP contribution in [0.15, 0.2) is 24.3 Å². The highest BCUT2D eigenvalue weighted by Crippen LogP contribution is 2.28. The van der Waals surface area contributed by atoms with Gasteiger partial charge in [-0.3, -0.25) is 9.69 Å². The van der Waals surface area contributed by atoms with E-state index >= 15 is 0 Å². The quantitative estimate of drug-likeness (QED) is 0.852.